The Hall–Kier alpha value is -2.43. The van der Waals surface area contributed by atoms with Crippen molar-refractivity contribution in [2.24, 2.45) is 0 Å². The molecule has 0 amide bonds. The van der Waals surface area contributed by atoms with E-state index in [0.717, 1.165) is 12.1 Å². The number of hydrogen-bond acceptors (Lipinski definition) is 4. The molecular weight excluding hydrogens is 244 g/mol. The number of aromatic carboxylic acids is 1. The van der Waals surface area contributed by atoms with Crippen LogP contribution in [0.4, 0.5) is 0 Å². The smallest absolute Gasteiger partial charge is 0.336 e. The van der Waals surface area contributed by atoms with Gasteiger partial charge in [0.05, 0.1) is 5.56 Å². The number of carboxylic acids is 1. The fourth-order valence-corrected chi connectivity index (χ4v) is 1.70. The Labute approximate surface area is 110 Å². The summed E-state index contributed by atoms with van der Waals surface area (Å²) in [7, 11) is 0. The number of rotatable bonds is 4. The van der Waals surface area contributed by atoms with Crippen molar-refractivity contribution in [1.29, 1.82) is 0 Å². The van der Waals surface area contributed by atoms with Gasteiger partial charge < -0.3 is 9.84 Å². The third kappa shape index (κ3) is 2.88. The number of aryl methyl sites for hydroxylation is 1. The largest absolute Gasteiger partial charge is 0.478 e. The van der Waals surface area contributed by atoms with Crippen LogP contribution in [0.15, 0.2) is 30.6 Å². The normalized spacial score (nSPS) is 10.2. The molecule has 0 radical (unpaired) electrons. The van der Waals surface area contributed by atoms with E-state index in [1.807, 2.05) is 6.92 Å². The second-order valence-electron chi connectivity index (χ2n) is 4.04. The van der Waals surface area contributed by atoms with Gasteiger partial charge >= 0.3 is 5.97 Å². The summed E-state index contributed by atoms with van der Waals surface area (Å²) in [5.74, 6) is -0.0713. The minimum Gasteiger partial charge on any atom is -0.478 e. The molecule has 0 aliphatic heterocycles. The highest BCUT2D eigenvalue weighted by Gasteiger charge is 2.12. The maximum absolute atomic E-state index is 11.0. The van der Waals surface area contributed by atoms with Crippen LogP contribution >= 0.6 is 0 Å². The van der Waals surface area contributed by atoms with E-state index in [0.29, 0.717) is 17.2 Å². The van der Waals surface area contributed by atoms with Crippen molar-refractivity contribution >= 4 is 5.97 Å². The zero-order valence-corrected chi connectivity index (χ0v) is 10.8. The number of aromatic nitrogens is 2. The van der Waals surface area contributed by atoms with E-state index in [9.17, 15) is 4.79 Å². The van der Waals surface area contributed by atoms with Crippen LogP contribution in [0.25, 0.3) is 0 Å². The average Bonchev–Trinajstić information content (AvgIpc) is 2.41. The standard InChI is InChI=1S/C14H14N2O3/c1-3-10-7-13(16-8-15-10)19-12-6-4-5-11(9(12)2)14(17)18/h4-8H,3H2,1-2H3,(H,17,18). The summed E-state index contributed by atoms with van der Waals surface area (Å²) in [4.78, 5) is 19.1. The Morgan fingerprint density at radius 3 is 2.84 bits per heavy atom. The summed E-state index contributed by atoms with van der Waals surface area (Å²) in [5.41, 5.74) is 1.67. The molecule has 0 spiro atoms. The van der Waals surface area contributed by atoms with Gasteiger partial charge in [-0.05, 0) is 25.5 Å². The Morgan fingerprint density at radius 2 is 2.16 bits per heavy atom. The zero-order valence-electron chi connectivity index (χ0n) is 10.8. The van der Waals surface area contributed by atoms with Crippen molar-refractivity contribution in [2.45, 2.75) is 20.3 Å². The lowest BCUT2D eigenvalue weighted by molar-refractivity contribution is 0.0695. The monoisotopic (exact) mass is 258 g/mol. The molecule has 1 heterocycles. The molecule has 5 heteroatoms. The molecule has 19 heavy (non-hydrogen) atoms. The highest BCUT2D eigenvalue weighted by Crippen LogP contribution is 2.26. The van der Waals surface area contributed by atoms with Crippen LogP contribution in [-0.2, 0) is 6.42 Å². The van der Waals surface area contributed by atoms with E-state index in [-0.39, 0.29) is 5.56 Å². The number of benzene rings is 1. The molecule has 0 unspecified atom stereocenters. The third-order valence-corrected chi connectivity index (χ3v) is 2.79. The van der Waals surface area contributed by atoms with Crippen LogP contribution in [0.2, 0.25) is 0 Å². The summed E-state index contributed by atoms with van der Waals surface area (Å²) in [6, 6.07) is 6.65. The first-order valence-corrected chi connectivity index (χ1v) is 5.93. The molecular formula is C14H14N2O3. The molecule has 0 saturated carbocycles. The summed E-state index contributed by atoms with van der Waals surface area (Å²) in [6.07, 6.45) is 2.22. The molecule has 1 N–H and O–H groups in total. The Bertz CT molecular complexity index is 611. The molecule has 0 saturated heterocycles. The maximum atomic E-state index is 11.0. The van der Waals surface area contributed by atoms with Gasteiger partial charge in [0, 0.05) is 17.3 Å². The highest BCUT2D eigenvalue weighted by atomic mass is 16.5. The van der Waals surface area contributed by atoms with Crippen LogP contribution < -0.4 is 4.74 Å². The van der Waals surface area contributed by atoms with Gasteiger partial charge in [0.2, 0.25) is 5.88 Å². The predicted molar refractivity (Wildman–Crippen MR) is 69.6 cm³/mol. The quantitative estimate of drug-likeness (QED) is 0.912. The SMILES string of the molecule is CCc1cc(Oc2cccc(C(=O)O)c2C)ncn1. The van der Waals surface area contributed by atoms with Gasteiger partial charge in [-0.25, -0.2) is 14.8 Å². The van der Waals surface area contributed by atoms with Gasteiger partial charge in [-0.15, -0.1) is 0 Å². The summed E-state index contributed by atoms with van der Waals surface area (Å²) in [6.45, 7) is 3.70. The number of carboxylic acid groups (broad SMARTS) is 1. The van der Waals surface area contributed by atoms with E-state index in [4.69, 9.17) is 9.84 Å². The van der Waals surface area contributed by atoms with Crippen molar-refractivity contribution in [2.75, 3.05) is 0 Å². The van der Waals surface area contributed by atoms with Crippen molar-refractivity contribution in [1.82, 2.24) is 9.97 Å². The zero-order chi connectivity index (χ0) is 13.8. The van der Waals surface area contributed by atoms with Crippen LogP contribution in [0, 0.1) is 6.92 Å². The number of ether oxygens (including phenoxy) is 1. The summed E-state index contributed by atoms with van der Waals surface area (Å²) in [5, 5.41) is 9.06. The Balaban J connectivity index is 2.33. The van der Waals surface area contributed by atoms with Crippen molar-refractivity contribution in [3.8, 4) is 11.6 Å². The van der Waals surface area contributed by atoms with Crippen molar-refractivity contribution in [3.63, 3.8) is 0 Å². The molecule has 1 aromatic heterocycles. The number of hydrogen-bond donors (Lipinski definition) is 1. The molecule has 2 aromatic rings. The molecule has 0 bridgehead atoms. The Morgan fingerprint density at radius 1 is 1.37 bits per heavy atom. The second-order valence-corrected chi connectivity index (χ2v) is 4.04. The van der Waals surface area contributed by atoms with Crippen LogP contribution in [-0.4, -0.2) is 21.0 Å². The lowest BCUT2D eigenvalue weighted by atomic mass is 10.1. The van der Waals surface area contributed by atoms with Gasteiger partial charge in [-0.3, -0.25) is 0 Å². The molecule has 0 fully saturated rings. The molecule has 1 aromatic carbocycles. The first kappa shape index (κ1) is 13.0. The molecule has 0 aliphatic rings. The number of nitrogens with zero attached hydrogens (tertiary/aromatic N) is 2. The highest BCUT2D eigenvalue weighted by molar-refractivity contribution is 5.90. The number of carbonyl (C=O) groups is 1. The lowest BCUT2D eigenvalue weighted by Crippen LogP contribution is -2.01. The van der Waals surface area contributed by atoms with Crippen molar-refractivity contribution in [3.05, 3.63) is 47.4 Å². The summed E-state index contributed by atoms with van der Waals surface area (Å²) >= 11 is 0. The molecule has 2 rings (SSSR count). The van der Waals surface area contributed by atoms with Crippen LogP contribution in [0.5, 0.6) is 11.6 Å². The van der Waals surface area contributed by atoms with Gasteiger partial charge in [-0.1, -0.05) is 13.0 Å². The van der Waals surface area contributed by atoms with Gasteiger partial charge in [0.1, 0.15) is 12.1 Å². The minimum atomic E-state index is -0.972. The van der Waals surface area contributed by atoms with Crippen LogP contribution in [0.1, 0.15) is 28.5 Å². The molecule has 0 atom stereocenters. The topological polar surface area (TPSA) is 72.3 Å². The molecule has 5 nitrogen and oxygen atoms in total. The van der Waals surface area contributed by atoms with Crippen LogP contribution in [0.3, 0.4) is 0 Å². The van der Waals surface area contributed by atoms with Gasteiger partial charge in [-0.2, -0.15) is 0 Å². The van der Waals surface area contributed by atoms with E-state index in [2.05, 4.69) is 9.97 Å². The van der Waals surface area contributed by atoms with E-state index in [1.54, 1.807) is 31.2 Å². The van der Waals surface area contributed by atoms with Crippen molar-refractivity contribution < 1.29 is 14.6 Å². The first-order valence-electron chi connectivity index (χ1n) is 5.93. The average molecular weight is 258 g/mol. The van der Waals surface area contributed by atoms with E-state index >= 15 is 0 Å². The second kappa shape index (κ2) is 5.48. The third-order valence-electron chi connectivity index (χ3n) is 2.79. The predicted octanol–water partition coefficient (Wildman–Crippen LogP) is 2.84. The van der Waals surface area contributed by atoms with E-state index < -0.39 is 5.97 Å². The van der Waals surface area contributed by atoms with Gasteiger partial charge in [0.15, 0.2) is 0 Å². The first-order chi connectivity index (χ1) is 9.11. The lowest BCUT2D eigenvalue weighted by Gasteiger charge is -2.10. The molecule has 98 valence electrons. The van der Waals surface area contributed by atoms with E-state index in [1.165, 1.54) is 6.33 Å². The minimum absolute atomic E-state index is 0.224. The fourth-order valence-electron chi connectivity index (χ4n) is 1.70. The van der Waals surface area contributed by atoms with Gasteiger partial charge in [0.25, 0.3) is 0 Å². The summed E-state index contributed by atoms with van der Waals surface area (Å²) < 4.78 is 5.63. The molecule has 0 aliphatic carbocycles. The fraction of sp³-hybridized carbons (Fsp3) is 0.214. The Kier molecular flexibility index (Phi) is 3.75. The maximum Gasteiger partial charge on any atom is 0.336 e.